The highest BCUT2D eigenvalue weighted by atomic mass is 16.5. The Balaban J connectivity index is 1.08. The Labute approximate surface area is 240 Å². The summed E-state index contributed by atoms with van der Waals surface area (Å²) in [4.78, 5) is 10.8. The Bertz CT molecular complexity index is 1520. The first kappa shape index (κ1) is 26.1. The van der Waals surface area contributed by atoms with Crippen LogP contribution in [0, 0.1) is 0 Å². The average Bonchev–Trinajstić information content (AvgIpc) is 3.69. The Hall–Kier alpha value is -3.79. The molecule has 1 aromatic carbocycles. The summed E-state index contributed by atoms with van der Waals surface area (Å²) in [6.07, 6.45) is 9.79. The topological polar surface area (TPSA) is 114 Å². The van der Waals surface area contributed by atoms with Gasteiger partial charge in [0.05, 0.1) is 5.69 Å². The maximum Gasteiger partial charge on any atom is 0.166 e. The SMILES string of the molecule is C[C@H](Oc1cc(-c2cc3n(n2)CCC32CCN(C(O)NC3(c4ccncc4)CCC3)C2)cnc1N)c1ccccc1. The Morgan fingerprint density at radius 3 is 2.56 bits per heavy atom. The molecule has 1 saturated carbocycles. The third kappa shape index (κ3) is 4.67. The highest BCUT2D eigenvalue weighted by Gasteiger charge is 2.48. The Kier molecular flexibility index (Phi) is 6.53. The third-order valence-corrected chi connectivity index (χ3v) is 9.45. The number of aromatic nitrogens is 4. The van der Waals surface area contributed by atoms with Crippen molar-refractivity contribution in [1.29, 1.82) is 0 Å². The van der Waals surface area contributed by atoms with E-state index in [1.165, 1.54) is 11.3 Å². The third-order valence-electron chi connectivity index (χ3n) is 9.45. The van der Waals surface area contributed by atoms with Crippen LogP contribution in [0.4, 0.5) is 5.82 Å². The molecule has 7 rings (SSSR count). The fourth-order valence-electron chi connectivity index (χ4n) is 6.86. The van der Waals surface area contributed by atoms with E-state index in [4.69, 9.17) is 15.6 Å². The molecular weight excluding hydrogens is 514 g/mol. The van der Waals surface area contributed by atoms with Gasteiger partial charge in [-0.3, -0.25) is 19.9 Å². The zero-order valence-corrected chi connectivity index (χ0v) is 23.4. The van der Waals surface area contributed by atoms with Gasteiger partial charge in [-0.25, -0.2) is 4.98 Å². The summed E-state index contributed by atoms with van der Waals surface area (Å²) >= 11 is 0. The number of nitrogen functional groups attached to an aromatic ring is 1. The molecule has 0 amide bonds. The van der Waals surface area contributed by atoms with Crippen molar-refractivity contribution in [3.8, 4) is 17.0 Å². The van der Waals surface area contributed by atoms with Gasteiger partial charge >= 0.3 is 0 Å². The second kappa shape index (κ2) is 10.2. The van der Waals surface area contributed by atoms with Crippen molar-refractivity contribution >= 4 is 5.82 Å². The summed E-state index contributed by atoms with van der Waals surface area (Å²) in [6.45, 7) is 4.50. The molecular formula is C32H37N7O2. The van der Waals surface area contributed by atoms with Gasteiger partial charge in [-0.15, -0.1) is 0 Å². The molecule has 4 N–H and O–H groups in total. The second-order valence-electron chi connectivity index (χ2n) is 11.9. The second-order valence-corrected chi connectivity index (χ2v) is 11.9. The van der Waals surface area contributed by atoms with Crippen LogP contribution in [0.25, 0.3) is 11.3 Å². The molecule has 0 bridgehead atoms. The number of nitrogens with one attached hydrogen (secondary N) is 1. The van der Waals surface area contributed by atoms with E-state index in [0.29, 0.717) is 11.6 Å². The molecule has 3 atom stereocenters. The van der Waals surface area contributed by atoms with Gasteiger partial charge in [-0.2, -0.15) is 5.10 Å². The first-order chi connectivity index (χ1) is 19.9. The number of aryl methyl sites for hydroxylation is 1. The molecule has 1 saturated heterocycles. The molecule has 41 heavy (non-hydrogen) atoms. The average molecular weight is 552 g/mol. The first-order valence-corrected chi connectivity index (χ1v) is 14.6. The van der Waals surface area contributed by atoms with Gasteiger partial charge in [-0.1, -0.05) is 30.3 Å². The van der Waals surface area contributed by atoms with Gasteiger partial charge in [0.2, 0.25) is 0 Å². The first-order valence-electron chi connectivity index (χ1n) is 14.6. The highest BCUT2D eigenvalue weighted by molar-refractivity contribution is 5.65. The van der Waals surface area contributed by atoms with Gasteiger partial charge < -0.3 is 15.6 Å². The number of likely N-dealkylation sites (tertiary alicyclic amines) is 1. The molecule has 2 unspecified atom stereocenters. The zero-order valence-electron chi connectivity index (χ0n) is 23.4. The minimum atomic E-state index is -0.702. The molecule has 4 aromatic rings. The summed E-state index contributed by atoms with van der Waals surface area (Å²) in [7, 11) is 0. The summed E-state index contributed by atoms with van der Waals surface area (Å²) in [5, 5.41) is 19.9. The van der Waals surface area contributed by atoms with Gasteiger partial charge in [0, 0.05) is 60.4 Å². The quantitative estimate of drug-likeness (QED) is 0.277. The van der Waals surface area contributed by atoms with Crippen LogP contribution >= 0.6 is 0 Å². The number of pyridine rings is 2. The Morgan fingerprint density at radius 1 is 1.02 bits per heavy atom. The lowest BCUT2D eigenvalue weighted by atomic mass is 9.72. The number of aliphatic hydroxyl groups is 1. The van der Waals surface area contributed by atoms with Crippen LogP contribution in [-0.2, 0) is 17.5 Å². The molecule has 2 fully saturated rings. The summed E-state index contributed by atoms with van der Waals surface area (Å²) < 4.78 is 8.35. The molecule has 212 valence electrons. The van der Waals surface area contributed by atoms with E-state index in [1.807, 2.05) is 55.7 Å². The van der Waals surface area contributed by atoms with Crippen LogP contribution < -0.4 is 15.8 Å². The van der Waals surface area contributed by atoms with Crippen molar-refractivity contribution in [2.45, 2.75) is 69.0 Å². The molecule has 5 heterocycles. The van der Waals surface area contributed by atoms with Crippen LogP contribution in [0.3, 0.4) is 0 Å². The number of fused-ring (bicyclic) bond motifs is 2. The maximum atomic E-state index is 11.3. The lowest BCUT2D eigenvalue weighted by Crippen LogP contribution is -2.57. The van der Waals surface area contributed by atoms with Crippen LogP contribution in [0.2, 0.25) is 0 Å². The predicted octanol–water partition coefficient (Wildman–Crippen LogP) is 4.35. The highest BCUT2D eigenvalue weighted by Crippen LogP contribution is 2.46. The van der Waals surface area contributed by atoms with E-state index >= 15 is 0 Å². The van der Waals surface area contributed by atoms with Crippen LogP contribution in [0.1, 0.15) is 62.0 Å². The summed E-state index contributed by atoms with van der Waals surface area (Å²) in [5.41, 5.74) is 11.2. The van der Waals surface area contributed by atoms with Gasteiger partial charge in [0.25, 0.3) is 0 Å². The lowest BCUT2D eigenvalue weighted by Gasteiger charge is -2.46. The number of rotatable bonds is 8. The molecule has 0 radical (unpaired) electrons. The fraction of sp³-hybridized carbons (Fsp3) is 0.406. The molecule has 9 heteroatoms. The van der Waals surface area contributed by atoms with E-state index in [0.717, 1.165) is 68.6 Å². The molecule has 1 spiro atoms. The number of benzene rings is 1. The summed E-state index contributed by atoms with van der Waals surface area (Å²) in [5.74, 6) is 0.922. The smallest absolute Gasteiger partial charge is 0.166 e. The molecule has 3 aliphatic rings. The minimum absolute atomic E-state index is 0.0280. The number of aliphatic hydroxyl groups excluding tert-OH is 1. The van der Waals surface area contributed by atoms with E-state index in [1.54, 1.807) is 6.20 Å². The van der Waals surface area contributed by atoms with E-state index < -0.39 is 6.35 Å². The van der Waals surface area contributed by atoms with E-state index in [9.17, 15) is 5.11 Å². The van der Waals surface area contributed by atoms with Crippen LogP contribution in [0.15, 0.2) is 73.2 Å². The van der Waals surface area contributed by atoms with Crippen molar-refractivity contribution in [3.63, 3.8) is 0 Å². The standard InChI is InChI=1S/C32H37N7O2/c1-22(23-6-3-2-4-7-23)41-27-18-24(20-35-29(27)33)26-19-28-31(13-17-39(28)37-26)12-16-38(21-31)30(40)36-32(10-5-11-32)25-8-14-34-15-9-25/h2-4,6-9,14-15,18-20,22,30,36,40H,5,10-13,16-17,21H2,1H3,(H2,33,35)/t22-,30?,31?/m0/s1. The fourth-order valence-corrected chi connectivity index (χ4v) is 6.86. The number of anilines is 1. The largest absolute Gasteiger partial charge is 0.482 e. The number of ether oxygens (including phenoxy) is 1. The van der Waals surface area contributed by atoms with Crippen LogP contribution in [0.5, 0.6) is 5.75 Å². The lowest BCUT2D eigenvalue weighted by molar-refractivity contribution is -0.0521. The van der Waals surface area contributed by atoms with Gasteiger partial charge in [0.1, 0.15) is 6.10 Å². The van der Waals surface area contributed by atoms with Crippen molar-refractivity contribution in [1.82, 2.24) is 30.0 Å². The van der Waals surface area contributed by atoms with Crippen molar-refractivity contribution in [2.24, 2.45) is 0 Å². The van der Waals surface area contributed by atoms with E-state index in [2.05, 4.69) is 43.1 Å². The predicted molar refractivity (Wildman–Crippen MR) is 157 cm³/mol. The zero-order chi connectivity index (χ0) is 28.0. The number of hydrogen-bond donors (Lipinski definition) is 3. The Morgan fingerprint density at radius 2 is 1.80 bits per heavy atom. The number of nitrogens with zero attached hydrogens (tertiary/aromatic N) is 5. The normalized spacial score (nSPS) is 22.8. The number of nitrogens with two attached hydrogens (primary N) is 1. The monoisotopic (exact) mass is 551 g/mol. The van der Waals surface area contributed by atoms with Crippen molar-refractivity contribution in [3.05, 3.63) is 90.0 Å². The van der Waals surface area contributed by atoms with Crippen LogP contribution in [-0.4, -0.2) is 49.2 Å². The van der Waals surface area contributed by atoms with E-state index in [-0.39, 0.29) is 17.1 Å². The maximum absolute atomic E-state index is 11.3. The molecule has 1 aliphatic carbocycles. The van der Waals surface area contributed by atoms with Crippen molar-refractivity contribution < 1.29 is 9.84 Å². The molecule has 2 aliphatic heterocycles. The van der Waals surface area contributed by atoms with Gasteiger partial charge in [0.15, 0.2) is 17.9 Å². The molecule has 9 nitrogen and oxygen atoms in total. The van der Waals surface area contributed by atoms with Gasteiger partial charge in [-0.05, 0) is 74.4 Å². The summed E-state index contributed by atoms with van der Waals surface area (Å²) in [6, 6.07) is 18.3. The molecule has 3 aromatic heterocycles. The van der Waals surface area contributed by atoms with Crippen molar-refractivity contribution in [2.75, 3.05) is 18.8 Å². The number of hydrogen-bond acceptors (Lipinski definition) is 8. The minimum Gasteiger partial charge on any atom is -0.482 e.